The van der Waals surface area contributed by atoms with Gasteiger partial charge in [-0.1, -0.05) is 11.6 Å². The van der Waals surface area contributed by atoms with E-state index in [0.717, 1.165) is 38.1 Å². The van der Waals surface area contributed by atoms with Crippen molar-refractivity contribution in [1.82, 2.24) is 15.6 Å². The zero-order valence-corrected chi connectivity index (χ0v) is 13.9. The molecule has 1 aliphatic rings. The summed E-state index contributed by atoms with van der Waals surface area (Å²) in [4.78, 5) is 27.3. The molecule has 8 heteroatoms. The Balaban J connectivity index is 1.78. The molecule has 5 nitrogen and oxygen atoms in total. The Bertz CT molecular complexity index is 816. The van der Waals surface area contributed by atoms with Gasteiger partial charge in [-0.2, -0.15) is 0 Å². The van der Waals surface area contributed by atoms with Gasteiger partial charge in [0.15, 0.2) is 5.82 Å². The number of carbonyl (C=O) groups is 2. The third-order valence-corrected chi connectivity index (χ3v) is 4.43. The molecule has 2 heterocycles. The molecule has 3 rings (SSSR count). The maximum absolute atomic E-state index is 14.0. The minimum Gasteiger partial charge on any atom is -0.356 e. The minimum atomic E-state index is -1.12. The molecule has 3 N–H and O–H groups in total. The number of amides is 1. The number of aromatic nitrogens is 1. The Labute approximate surface area is 147 Å². The fraction of sp³-hybridized carbons (Fsp3) is 0.294. The first-order valence-electron chi connectivity index (χ1n) is 7.85. The van der Waals surface area contributed by atoms with E-state index in [1.54, 1.807) is 0 Å². The Kier molecular flexibility index (Phi) is 5.15. The zero-order chi connectivity index (χ0) is 18.0. The van der Waals surface area contributed by atoms with Crippen molar-refractivity contribution in [3.05, 3.63) is 57.9 Å². The number of rotatable bonds is 4. The molecule has 132 valence electrons. The summed E-state index contributed by atoms with van der Waals surface area (Å²) in [5.74, 6) is -3.37. The third-order valence-electron chi connectivity index (χ3n) is 4.14. The molecule has 0 saturated carbocycles. The Morgan fingerprint density at radius 2 is 1.92 bits per heavy atom. The van der Waals surface area contributed by atoms with Gasteiger partial charge in [0.25, 0.3) is 5.91 Å². The Hall–Kier alpha value is -2.25. The summed E-state index contributed by atoms with van der Waals surface area (Å²) in [6.07, 6.45) is 2.88. The van der Waals surface area contributed by atoms with Crippen LogP contribution in [0.5, 0.6) is 0 Å². The second kappa shape index (κ2) is 7.33. The van der Waals surface area contributed by atoms with E-state index in [9.17, 15) is 18.4 Å². The number of ketones is 1. The van der Waals surface area contributed by atoms with Crippen molar-refractivity contribution in [3.8, 4) is 0 Å². The predicted molar refractivity (Wildman–Crippen MR) is 89.0 cm³/mol. The molecule has 0 spiro atoms. The van der Waals surface area contributed by atoms with Gasteiger partial charge in [-0.3, -0.25) is 9.59 Å². The van der Waals surface area contributed by atoms with Gasteiger partial charge in [0.05, 0.1) is 10.6 Å². The van der Waals surface area contributed by atoms with E-state index in [1.165, 1.54) is 12.3 Å². The zero-order valence-electron chi connectivity index (χ0n) is 13.2. The maximum Gasteiger partial charge on any atom is 0.267 e. The monoisotopic (exact) mass is 367 g/mol. The van der Waals surface area contributed by atoms with E-state index in [2.05, 4.69) is 15.6 Å². The van der Waals surface area contributed by atoms with Crippen molar-refractivity contribution in [2.75, 3.05) is 13.1 Å². The first kappa shape index (κ1) is 17.6. The molecule has 0 bridgehead atoms. The maximum atomic E-state index is 14.0. The van der Waals surface area contributed by atoms with Crippen LogP contribution in [-0.2, 0) is 0 Å². The van der Waals surface area contributed by atoms with Crippen LogP contribution in [0.1, 0.15) is 39.3 Å². The second-order valence-electron chi connectivity index (χ2n) is 5.85. The van der Waals surface area contributed by atoms with E-state index in [1.807, 2.05) is 0 Å². The fourth-order valence-corrected chi connectivity index (χ4v) is 2.92. The number of hydrogen-bond donors (Lipinski definition) is 3. The summed E-state index contributed by atoms with van der Waals surface area (Å²) in [7, 11) is 0. The number of carbonyl (C=O) groups excluding carboxylic acids is 2. The van der Waals surface area contributed by atoms with E-state index in [0.29, 0.717) is 0 Å². The highest BCUT2D eigenvalue weighted by atomic mass is 35.5. The average Bonchev–Trinajstić information content (AvgIpc) is 3.09. The highest BCUT2D eigenvalue weighted by Crippen LogP contribution is 2.24. The van der Waals surface area contributed by atoms with Gasteiger partial charge in [-0.05, 0) is 44.1 Å². The summed E-state index contributed by atoms with van der Waals surface area (Å²) in [5, 5.41) is 5.72. The molecule has 1 saturated heterocycles. The second-order valence-corrected chi connectivity index (χ2v) is 6.25. The van der Waals surface area contributed by atoms with Crippen molar-refractivity contribution in [3.63, 3.8) is 0 Å². The molecule has 0 aliphatic carbocycles. The van der Waals surface area contributed by atoms with E-state index < -0.39 is 23.0 Å². The Morgan fingerprint density at radius 1 is 1.20 bits per heavy atom. The molecule has 0 radical (unpaired) electrons. The highest BCUT2D eigenvalue weighted by Gasteiger charge is 2.24. The molecule has 1 aromatic heterocycles. The van der Waals surface area contributed by atoms with Crippen LogP contribution in [-0.4, -0.2) is 35.8 Å². The molecule has 2 aromatic rings. The normalized spacial score (nSPS) is 15.2. The topological polar surface area (TPSA) is 74.0 Å². The number of aromatic amines is 1. The van der Waals surface area contributed by atoms with Crippen molar-refractivity contribution in [2.24, 2.45) is 0 Å². The van der Waals surface area contributed by atoms with Gasteiger partial charge in [-0.15, -0.1) is 0 Å². The number of halogens is 3. The van der Waals surface area contributed by atoms with Crippen LogP contribution in [0.3, 0.4) is 0 Å². The number of nitrogens with one attached hydrogen (secondary N) is 3. The van der Waals surface area contributed by atoms with Crippen LogP contribution in [0, 0.1) is 11.6 Å². The van der Waals surface area contributed by atoms with E-state index in [-0.39, 0.29) is 28.2 Å². The van der Waals surface area contributed by atoms with Gasteiger partial charge < -0.3 is 15.6 Å². The van der Waals surface area contributed by atoms with Gasteiger partial charge >= 0.3 is 0 Å². The summed E-state index contributed by atoms with van der Waals surface area (Å²) < 4.78 is 27.8. The number of benzene rings is 1. The van der Waals surface area contributed by atoms with Crippen molar-refractivity contribution in [1.29, 1.82) is 0 Å². The average molecular weight is 368 g/mol. The van der Waals surface area contributed by atoms with Crippen LogP contribution >= 0.6 is 11.6 Å². The molecule has 1 amide bonds. The summed E-state index contributed by atoms with van der Waals surface area (Å²) in [6, 6.07) is 3.30. The smallest absolute Gasteiger partial charge is 0.267 e. The van der Waals surface area contributed by atoms with Crippen LogP contribution < -0.4 is 10.6 Å². The summed E-state index contributed by atoms with van der Waals surface area (Å²) in [6.45, 7) is 1.65. The van der Waals surface area contributed by atoms with E-state index >= 15 is 0 Å². The standard InChI is InChI=1S/C17H16ClF2N3O2/c18-11-1-2-12(19)14(15(11)20)16(24)9-7-13(22-8-9)17(25)23-10-3-5-21-6-4-10/h1-2,7-8,10,21-22H,3-6H2,(H,23,25). The lowest BCUT2D eigenvalue weighted by Gasteiger charge is -2.23. The van der Waals surface area contributed by atoms with Crippen LogP contribution in [0.4, 0.5) is 8.78 Å². The van der Waals surface area contributed by atoms with Gasteiger partial charge in [-0.25, -0.2) is 8.78 Å². The third kappa shape index (κ3) is 3.72. The lowest BCUT2D eigenvalue weighted by molar-refractivity contribution is 0.0925. The van der Waals surface area contributed by atoms with Crippen molar-refractivity contribution in [2.45, 2.75) is 18.9 Å². The first-order chi connectivity index (χ1) is 12.0. The quantitative estimate of drug-likeness (QED) is 0.574. The molecule has 1 aromatic carbocycles. The van der Waals surface area contributed by atoms with E-state index in [4.69, 9.17) is 11.6 Å². The number of hydrogen-bond acceptors (Lipinski definition) is 3. The fourth-order valence-electron chi connectivity index (χ4n) is 2.77. The summed E-state index contributed by atoms with van der Waals surface area (Å²) >= 11 is 5.61. The van der Waals surface area contributed by atoms with Gasteiger partial charge in [0.1, 0.15) is 11.5 Å². The number of H-pyrrole nitrogens is 1. The minimum absolute atomic E-state index is 0.0180. The Morgan fingerprint density at radius 3 is 2.64 bits per heavy atom. The van der Waals surface area contributed by atoms with Crippen LogP contribution in [0.15, 0.2) is 24.4 Å². The molecule has 25 heavy (non-hydrogen) atoms. The summed E-state index contributed by atoms with van der Waals surface area (Å²) in [5.41, 5.74) is -0.600. The first-order valence-corrected chi connectivity index (χ1v) is 8.23. The molecular formula is C17H16ClF2N3O2. The van der Waals surface area contributed by atoms with Crippen molar-refractivity contribution < 1.29 is 18.4 Å². The van der Waals surface area contributed by atoms with Crippen LogP contribution in [0.25, 0.3) is 0 Å². The molecule has 1 fully saturated rings. The van der Waals surface area contributed by atoms with Gasteiger partial charge in [0.2, 0.25) is 5.78 Å². The molecule has 0 atom stereocenters. The molecular weight excluding hydrogens is 352 g/mol. The van der Waals surface area contributed by atoms with Crippen molar-refractivity contribution >= 4 is 23.3 Å². The lowest BCUT2D eigenvalue weighted by Crippen LogP contribution is -2.42. The van der Waals surface area contributed by atoms with Gasteiger partial charge in [0, 0.05) is 17.8 Å². The molecule has 0 unspecified atom stereocenters. The highest BCUT2D eigenvalue weighted by molar-refractivity contribution is 6.31. The largest absolute Gasteiger partial charge is 0.356 e. The lowest BCUT2D eigenvalue weighted by atomic mass is 10.0. The van der Waals surface area contributed by atoms with Crippen LogP contribution in [0.2, 0.25) is 5.02 Å². The predicted octanol–water partition coefficient (Wildman–Crippen LogP) is 2.66. The SMILES string of the molecule is O=C(NC1CCNCC1)c1cc(C(=O)c2c(F)ccc(Cl)c2F)c[nH]1. The number of piperidine rings is 1. The molecule has 1 aliphatic heterocycles.